The topological polar surface area (TPSA) is 116 Å². The second kappa shape index (κ2) is 9.21. The van der Waals surface area contributed by atoms with Gasteiger partial charge in [0.05, 0.1) is 28.4 Å². The number of amides is 1. The number of carbonyl (C=O) groups excluding carboxylic acids is 1. The molecule has 9 nitrogen and oxygen atoms in total. The minimum atomic E-state index is -4.17. The molecule has 1 aliphatic heterocycles. The fraction of sp³-hybridized carbons (Fsp3) is 0.300. The Labute approximate surface area is 179 Å². The van der Waals surface area contributed by atoms with Crippen LogP contribution in [0.15, 0.2) is 47.4 Å². The molecular formula is C20H22FN3O6S. The Kier molecular flexibility index (Phi) is 6.64. The average Bonchev–Trinajstić information content (AvgIpc) is 2.74. The molecule has 11 heteroatoms. The van der Waals surface area contributed by atoms with Crippen molar-refractivity contribution in [3.8, 4) is 0 Å². The van der Waals surface area contributed by atoms with Gasteiger partial charge in [0.15, 0.2) is 0 Å². The van der Waals surface area contributed by atoms with Gasteiger partial charge >= 0.3 is 12.1 Å². The van der Waals surface area contributed by atoms with Crippen LogP contribution in [0.5, 0.6) is 0 Å². The molecule has 0 unspecified atom stereocenters. The van der Waals surface area contributed by atoms with Crippen LogP contribution in [0.3, 0.4) is 0 Å². The number of piperazine rings is 1. The number of sulfonamides is 1. The largest absolute Gasteiger partial charge is 0.478 e. The number of ether oxygens (including phenoxy) is 1. The summed E-state index contributed by atoms with van der Waals surface area (Å²) in [5, 5.41) is 9.31. The molecule has 31 heavy (non-hydrogen) atoms. The lowest BCUT2D eigenvalue weighted by Gasteiger charge is -2.36. The van der Waals surface area contributed by atoms with Crippen LogP contribution in [0, 0.1) is 5.82 Å². The fourth-order valence-electron chi connectivity index (χ4n) is 3.21. The van der Waals surface area contributed by atoms with Crippen LogP contribution in [0.25, 0.3) is 0 Å². The summed E-state index contributed by atoms with van der Waals surface area (Å²) in [6.07, 6.45) is -0.421. The Morgan fingerprint density at radius 2 is 1.84 bits per heavy atom. The average molecular weight is 451 g/mol. The van der Waals surface area contributed by atoms with Crippen molar-refractivity contribution in [3.05, 3.63) is 53.8 Å². The van der Waals surface area contributed by atoms with Gasteiger partial charge in [0.1, 0.15) is 5.82 Å². The molecule has 2 aromatic rings. The SMILES string of the molecule is CCOC(=O)N1CCN(c2ccc(C(=O)O)cc2NS(=O)(=O)c2cccc(F)c2)CC1. The summed E-state index contributed by atoms with van der Waals surface area (Å²) < 4.78 is 46.4. The number of halogens is 1. The van der Waals surface area contributed by atoms with Gasteiger partial charge in [0, 0.05) is 26.2 Å². The second-order valence-electron chi connectivity index (χ2n) is 6.77. The summed E-state index contributed by atoms with van der Waals surface area (Å²) in [5.74, 6) is -1.93. The number of carboxylic acids is 1. The zero-order valence-corrected chi connectivity index (χ0v) is 17.6. The summed E-state index contributed by atoms with van der Waals surface area (Å²) in [6.45, 7) is 3.47. The minimum absolute atomic E-state index is 0.0498. The number of aromatic carboxylic acids is 1. The Morgan fingerprint density at radius 3 is 2.45 bits per heavy atom. The smallest absolute Gasteiger partial charge is 0.409 e. The van der Waals surface area contributed by atoms with Gasteiger partial charge in [-0.1, -0.05) is 6.07 Å². The van der Waals surface area contributed by atoms with Crippen molar-refractivity contribution in [2.45, 2.75) is 11.8 Å². The third kappa shape index (κ3) is 5.23. The third-order valence-corrected chi connectivity index (χ3v) is 6.10. The highest BCUT2D eigenvalue weighted by atomic mass is 32.2. The Bertz CT molecular complexity index is 1080. The summed E-state index contributed by atoms with van der Waals surface area (Å²) in [6, 6.07) is 8.60. The highest BCUT2D eigenvalue weighted by Gasteiger charge is 2.25. The number of benzene rings is 2. The molecule has 0 saturated carbocycles. The third-order valence-electron chi connectivity index (χ3n) is 4.74. The van der Waals surface area contributed by atoms with Gasteiger partial charge in [-0.25, -0.2) is 22.4 Å². The number of anilines is 2. The monoisotopic (exact) mass is 451 g/mol. The van der Waals surface area contributed by atoms with Gasteiger partial charge < -0.3 is 19.6 Å². The van der Waals surface area contributed by atoms with Crippen molar-refractivity contribution in [3.63, 3.8) is 0 Å². The van der Waals surface area contributed by atoms with Gasteiger partial charge in [-0.3, -0.25) is 4.72 Å². The Hall–Kier alpha value is -3.34. The zero-order valence-electron chi connectivity index (χ0n) is 16.7. The van der Waals surface area contributed by atoms with E-state index in [1.165, 1.54) is 30.3 Å². The van der Waals surface area contributed by atoms with E-state index in [2.05, 4.69) is 4.72 Å². The molecule has 0 spiro atoms. The summed E-state index contributed by atoms with van der Waals surface area (Å²) >= 11 is 0. The summed E-state index contributed by atoms with van der Waals surface area (Å²) in [5.41, 5.74) is 0.396. The van der Waals surface area contributed by atoms with Gasteiger partial charge in [-0.15, -0.1) is 0 Å². The van der Waals surface area contributed by atoms with Crippen LogP contribution < -0.4 is 9.62 Å². The first kappa shape index (κ1) is 22.3. The van der Waals surface area contributed by atoms with Crippen molar-refractivity contribution in [2.75, 3.05) is 42.4 Å². The molecule has 0 atom stereocenters. The molecule has 1 saturated heterocycles. The number of nitrogens with zero attached hydrogens (tertiary/aromatic N) is 2. The van der Waals surface area contributed by atoms with E-state index in [0.717, 1.165) is 12.1 Å². The highest BCUT2D eigenvalue weighted by molar-refractivity contribution is 7.92. The van der Waals surface area contributed by atoms with Crippen LogP contribution in [-0.2, 0) is 14.8 Å². The fourth-order valence-corrected chi connectivity index (χ4v) is 4.31. The summed E-state index contributed by atoms with van der Waals surface area (Å²) in [4.78, 5) is 26.4. The molecule has 0 aliphatic carbocycles. The van der Waals surface area contributed by atoms with E-state index in [1.54, 1.807) is 11.8 Å². The molecule has 0 aromatic heterocycles. The van der Waals surface area contributed by atoms with Crippen LogP contribution in [0.1, 0.15) is 17.3 Å². The first-order chi connectivity index (χ1) is 14.7. The first-order valence-electron chi connectivity index (χ1n) is 9.53. The minimum Gasteiger partial charge on any atom is -0.478 e. The maximum absolute atomic E-state index is 13.5. The number of carboxylic acid groups (broad SMARTS) is 1. The standard InChI is InChI=1S/C20H22FN3O6S/c1-2-30-20(27)24-10-8-23(9-11-24)18-7-6-14(19(25)26)12-17(18)22-31(28,29)16-5-3-4-15(21)13-16/h3-7,12-13,22H,2,8-11H2,1H3,(H,25,26). The van der Waals surface area contributed by atoms with Gasteiger partial charge in [0.2, 0.25) is 0 Å². The lowest BCUT2D eigenvalue weighted by atomic mass is 10.1. The number of nitrogens with one attached hydrogen (secondary N) is 1. The van der Waals surface area contributed by atoms with Crippen molar-refractivity contribution >= 4 is 33.5 Å². The van der Waals surface area contributed by atoms with E-state index in [1.807, 2.05) is 4.90 Å². The summed E-state index contributed by atoms with van der Waals surface area (Å²) in [7, 11) is -4.17. The maximum atomic E-state index is 13.5. The lowest BCUT2D eigenvalue weighted by molar-refractivity contribution is 0.0696. The van der Waals surface area contributed by atoms with E-state index in [-0.39, 0.29) is 22.8 Å². The molecule has 3 rings (SSSR count). The van der Waals surface area contributed by atoms with E-state index in [0.29, 0.717) is 31.9 Å². The Morgan fingerprint density at radius 1 is 1.13 bits per heavy atom. The van der Waals surface area contributed by atoms with Crippen LogP contribution >= 0.6 is 0 Å². The molecule has 2 aromatic carbocycles. The normalized spacial score (nSPS) is 14.3. The second-order valence-corrected chi connectivity index (χ2v) is 8.46. The predicted octanol–water partition coefficient (Wildman–Crippen LogP) is 2.60. The molecule has 1 fully saturated rings. The molecule has 1 heterocycles. The first-order valence-corrected chi connectivity index (χ1v) is 11.0. The molecule has 166 valence electrons. The van der Waals surface area contributed by atoms with Crippen molar-refractivity contribution in [1.82, 2.24) is 4.90 Å². The van der Waals surface area contributed by atoms with E-state index in [9.17, 15) is 27.5 Å². The van der Waals surface area contributed by atoms with E-state index >= 15 is 0 Å². The molecule has 1 amide bonds. The predicted molar refractivity (Wildman–Crippen MR) is 111 cm³/mol. The number of hydrogen-bond acceptors (Lipinski definition) is 6. The highest BCUT2D eigenvalue weighted by Crippen LogP contribution is 2.30. The lowest BCUT2D eigenvalue weighted by Crippen LogP contribution is -2.49. The molecule has 2 N–H and O–H groups in total. The zero-order chi connectivity index (χ0) is 22.6. The number of rotatable bonds is 6. The molecule has 0 bridgehead atoms. The number of carbonyl (C=O) groups is 2. The molecule has 1 aliphatic rings. The maximum Gasteiger partial charge on any atom is 0.409 e. The van der Waals surface area contributed by atoms with Crippen LogP contribution in [0.2, 0.25) is 0 Å². The molecular weight excluding hydrogens is 429 g/mol. The quantitative estimate of drug-likeness (QED) is 0.693. The van der Waals surface area contributed by atoms with E-state index in [4.69, 9.17) is 4.74 Å². The van der Waals surface area contributed by atoms with Crippen LogP contribution in [0.4, 0.5) is 20.6 Å². The van der Waals surface area contributed by atoms with Gasteiger partial charge in [-0.05, 0) is 43.3 Å². The number of hydrogen-bond donors (Lipinski definition) is 2. The van der Waals surface area contributed by atoms with Crippen molar-refractivity contribution in [2.24, 2.45) is 0 Å². The van der Waals surface area contributed by atoms with Crippen molar-refractivity contribution < 1.29 is 32.2 Å². The Balaban J connectivity index is 1.88. The van der Waals surface area contributed by atoms with Crippen LogP contribution in [-0.4, -0.2) is 63.3 Å². The van der Waals surface area contributed by atoms with Crippen molar-refractivity contribution in [1.29, 1.82) is 0 Å². The van der Waals surface area contributed by atoms with Gasteiger partial charge in [0.25, 0.3) is 10.0 Å². The molecule has 0 radical (unpaired) electrons. The van der Waals surface area contributed by atoms with Gasteiger partial charge in [-0.2, -0.15) is 0 Å². The van der Waals surface area contributed by atoms with E-state index < -0.39 is 27.9 Å².